The molecule has 4 atom stereocenters. The van der Waals surface area contributed by atoms with E-state index in [0.717, 1.165) is 144 Å². The largest absolute Gasteiger partial charge is 0.466 e. The highest BCUT2D eigenvalue weighted by Gasteiger charge is 2.18. The first-order valence-electron chi connectivity index (χ1n) is 31.6. The molecular formula is C64H127NO5S4. The molecule has 0 rings (SSSR count). The van der Waals surface area contributed by atoms with E-state index < -0.39 is 0 Å². The van der Waals surface area contributed by atoms with Gasteiger partial charge in [-0.2, -0.15) is 0 Å². The Morgan fingerprint density at radius 3 is 0.919 bits per heavy atom. The number of ether oxygens (including phenoxy) is 2. The number of rotatable bonds is 56. The van der Waals surface area contributed by atoms with Crippen LogP contribution in [0.1, 0.15) is 276 Å². The van der Waals surface area contributed by atoms with Gasteiger partial charge in [0.1, 0.15) is 0 Å². The fraction of sp³-hybridized carbons (Fsp3) is 0.969. The summed E-state index contributed by atoms with van der Waals surface area (Å²) in [4.78, 5) is 28.4. The molecule has 0 amide bonds. The molecule has 0 aromatic carbocycles. The van der Waals surface area contributed by atoms with E-state index in [1.165, 1.54) is 126 Å². The Bertz CT molecular complexity index is 1090. The van der Waals surface area contributed by atoms with E-state index >= 15 is 0 Å². The third kappa shape index (κ3) is 52.9. The average molecular weight is 1120 g/mol. The van der Waals surface area contributed by atoms with Gasteiger partial charge in [0, 0.05) is 19.4 Å². The van der Waals surface area contributed by atoms with E-state index in [4.69, 9.17) is 9.47 Å². The van der Waals surface area contributed by atoms with Crippen LogP contribution >= 0.6 is 47.0 Å². The van der Waals surface area contributed by atoms with Crippen molar-refractivity contribution in [2.75, 3.05) is 62.5 Å². The quantitative estimate of drug-likeness (QED) is 0.0362. The molecule has 1 N–H and O–H groups in total. The molecule has 0 saturated carbocycles. The maximum Gasteiger partial charge on any atom is 0.305 e. The van der Waals surface area contributed by atoms with Crippen LogP contribution in [0, 0.1) is 47.3 Å². The molecule has 0 aromatic heterocycles. The van der Waals surface area contributed by atoms with E-state index in [2.05, 4.69) is 135 Å². The molecule has 442 valence electrons. The van der Waals surface area contributed by atoms with Crippen LogP contribution in [0.25, 0.3) is 0 Å². The predicted molar refractivity (Wildman–Crippen MR) is 337 cm³/mol. The van der Waals surface area contributed by atoms with Gasteiger partial charge in [0.25, 0.3) is 0 Å². The normalized spacial score (nSPS) is 14.6. The van der Waals surface area contributed by atoms with Crippen molar-refractivity contribution in [3.05, 3.63) is 0 Å². The van der Waals surface area contributed by atoms with Gasteiger partial charge in [0.05, 0.1) is 22.4 Å². The van der Waals surface area contributed by atoms with Gasteiger partial charge in [-0.25, -0.2) is 0 Å². The Morgan fingerprint density at radius 1 is 0.351 bits per heavy atom. The van der Waals surface area contributed by atoms with Crippen LogP contribution in [0.3, 0.4) is 0 Å². The first-order valence-corrected chi connectivity index (χ1v) is 35.8. The minimum atomic E-state index is -0.0206. The summed E-state index contributed by atoms with van der Waals surface area (Å²) in [7, 11) is 0. The van der Waals surface area contributed by atoms with Crippen LogP contribution in [0.15, 0.2) is 0 Å². The molecule has 0 aliphatic rings. The van der Waals surface area contributed by atoms with Crippen LogP contribution in [0.5, 0.6) is 0 Å². The molecule has 10 heteroatoms. The Morgan fingerprint density at radius 2 is 0.635 bits per heavy atom. The summed E-state index contributed by atoms with van der Waals surface area (Å²) < 4.78 is 12.5. The number of hydrogen-bond acceptors (Lipinski definition) is 10. The number of aliphatic hydroxyl groups is 1. The van der Waals surface area contributed by atoms with Gasteiger partial charge < -0.3 is 19.5 Å². The fourth-order valence-corrected chi connectivity index (χ4v) is 15.7. The van der Waals surface area contributed by atoms with Crippen molar-refractivity contribution in [1.82, 2.24) is 4.90 Å². The summed E-state index contributed by atoms with van der Waals surface area (Å²) in [6.45, 7) is 32.8. The van der Waals surface area contributed by atoms with Crippen molar-refractivity contribution in [3.63, 3.8) is 0 Å². The van der Waals surface area contributed by atoms with Crippen molar-refractivity contribution in [2.45, 2.75) is 285 Å². The zero-order chi connectivity index (χ0) is 55.0. The van der Waals surface area contributed by atoms with Crippen LogP contribution in [0.4, 0.5) is 0 Å². The van der Waals surface area contributed by atoms with Gasteiger partial charge in [-0.05, 0) is 167 Å². The minimum Gasteiger partial charge on any atom is -0.466 e. The third-order valence-electron chi connectivity index (χ3n) is 14.9. The number of aliphatic hydroxyl groups excluding tert-OH is 1. The summed E-state index contributed by atoms with van der Waals surface area (Å²) >= 11 is 8.36. The van der Waals surface area contributed by atoms with Crippen LogP contribution in [-0.4, -0.2) is 93.6 Å². The van der Waals surface area contributed by atoms with Crippen molar-refractivity contribution >= 4 is 59.0 Å². The SMILES string of the molecule is CC(C)CCCC(C)CCSC(CCC(=O)OCCCCCCN(CCCCO)CCCCCCOC(=O)CCC(SCCC(C)CCCC(C)C)SCCC(C)CCCC(C)C)SCCC(C)CCCC(C)C. The second-order valence-electron chi connectivity index (χ2n) is 24.8. The number of esters is 2. The Labute approximate surface area is 479 Å². The highest BCUT2D eigenvalue weighted by Crippen LogP contribution is 2.34. The van der Waals surface area contributed by atoms with Gasteiger partial charge in [-0.1, -0.05) is 186 Å². The molecule has 0 radical (unpaired) electrons. The number of unbranched alkanes of at least 4 members (excludes halogenated alkanes) is 7. The lowest BCUT2D eigenvalue weighted by atomic mass is 9.98. The van der Waals surface area contributed by atoms with Gasteiger partial charge in [-0.3, -0.25) is 9.59 Å². The molecule has 0 heterocycles. The first-order chi connectivity index (χ1) is 35.5. The van der Waals surface area contributed by atoms with E-state index in [1.807, 2.05) is 0 Å². The monoisotopic (exact) mass is 1120 g/mol. The van der Waals surface area contributed by atoms with E-state index in [-0.39, 0.29) is 18.5 Å². The highest BCUT2D eigenvalue weighted by atomic mass is 32.2. The van der Waals surface area contributed by atoms with Crippen molar-refractivity contribution in [2.24, 2.45) is 47.3 Å². The summed E-state index contributed by atoms with van der Waals surface area (Å²) in [5.41, 5.74) is 0. The van der Waals surface area contributed by atoms with E-state index in [0.29, 0.717) is 35.2 Å². The topological polar surface area (TPSA) is 76.1 Å². The number of nitrogens with zero attached hydrogens (tertiary/aromatic N) is 1. The summed E-state index contributed by atoms with van der Waals surface area (Å²) in [5, 5.41) is 9.43. The number of hydrogen-bond donors (Lipinski definition) is 1. The number of carbonyl (C=O) groups excluding carboxylic acids is 2. The maximum absolute atomic E-state index is 12.9. The maximum atomic E-state index is 12.9. The second kappa shape index (κ2) is 52.6. The van der Waals surface area contributed by atoms with Gasteiger partial charge in [0.2, 0.25) is 0 Å². The fourth-order valence-electron chi connectivity index (χ4n) is 9.46. The molecule has 0 saturated heterocycles. The van der Waals surface area contributed by atoms with Gasteiger partial charge in [0.15, 0.2) is 0 Å². The molecule has 0 bridgehead atoms. The Balaban J connectivity index is 4.60. The Kier molecular flexibility index (Phi) is 52.8. The standard InChI is InChI=1S/C64H127NO5S4/c1-53(2)27-23-31-57(9)39-49-71-63(72-50-40-58(10)32-24-28-54(3)4)37-35-61(67)69-47-21-15-13-17-43-65(45-19-20-46-66)44-18-14-16-22-48-70-62(68)36-38-64(73-51-41-59(11)33-25-29-55(5)6)74-52-42-60(12)34-26-30-56(7)8/h53-60,63-64,66H,13-52H2,1-12H3. The lowest BCUT2D eigenvalue weighted by Crippen LogP contribution is -2.27. The lowest BCUT2D eigenvalue weighted by Gasteiger charge is -2.22. The number of thioether (sulfide) groups is 4. The van der Waals surface area contributed by atoms with E-state index in [1.54, 1.807) is 0 Å². The smallest absolute Gasteiger partial charge is 0.305 e. The molecule has 0 spiro atoms. The zero-order valence-electron chi connectivity index (χ0n) is 51.2. The molecule has 0 fully saturated rings. The van der Waals surface area contributed by atoms with Crippen LogP contribution < -0.4 is 0 Å². The molecule has 0 aliphatic heterocycles. The second-order valence-corrected chi connectivity index (χ2v) is 30.7. The predicted octanol–water partition coefficient (Wildman–Crippen LogP) is 19.8. The molecule has 74 heavy (non-hydrogen) atoms. The molecule has 0 aliphatic carbocycles. The lowest BCUT2D eigenvalue weighted by molar-refractivity contribution is -0.144. The van der Waals surface area contributed by atoms with Crippen LogP contribution in [0.2, 0.25) is 0 Å². The van der Waals surface area contributed by atoms with Crippen molar-refractivity contribution in [1.29, 1.82) is 0 Å². The van der Waals surface area contributed by atoms with Crippen LogP contribution in [-0.2, 0) is 19.1 Å². The van der Waals surface area contributed by atoms with E-state index in [9.17, 15) is 14.7 Å². The average Bonchev–Trinajstić information content (AvgIpc) is 3.33. The van der Waals surface area contributed by atoms with Gasteiger partial charge in [-0.15, -0.1) is 47.0 Å². The first kappa shape index (κ1) is 74.3. The summed E-state index contributed by atoms with van der Waals surface area (Å²) in [5.74, 6) is 11.0. The molecule has 0 aromatic rings. The number of carbonyl (C=O) groups is 2. The van der Waals surface area contributed by atoms with Crippen molar-refractivity contribution in [3.8, 4) is 0 Å². The molecular weight excluding hydrogens is 991 g/mol. The Hall–Kier alpha value is 0.260. The third-order valence-corrected chi connectivity index (χ3v) is 20.8. The van der Waals surface area contributed by atoms with Crippen molar-refractivity contribution < 1.29 is 24.2 Å². The summed E-state index contributed by atoms with van der Waals surface area (Å²) in [6.07, 6.45) is 34.5. The zero-order valence-corrected chi connectivity index (χ0v) is 54.5. The molecule has 4 unspecified atom stereocenters. The minimum absolute atomic E-state index is 0.0206. The highest BCUT2D eigenvalue weighted by molar-refractivity contribution is 8.17. The molecule has 6 nitrogen and oxygen atoms in total. The van der Waals surface area contributed by atoms with Gasteiger partial charge >= 0.3 is 11.9 Å². The summed E-state index contributed by atoms with van der Waals surface area (Å²) in [6, 6.07) is 0.